The lowest BCUT2D eigenvalue weighted by Gasteiger charge is -2.24. The van der Waals surface area contributed by atoms with E-state index in [1.807, 2.05) is 13.8 Å². The summed E-state index contributed by atoms with van der Waals surface area (Å²) >= 11 is 0. The second-order valence-corrected chi connectivity index (χ2v) is 8.01. The molecule has 1 aliphatic heterocycles. The fourth-order valence-corrected chi connectivity index (χ4v) is 4.11. The third kappa shape index (κ3) is 4.72. The number of carbonyl (C=O) groups is 1. The van der Waals surface area contributed by atoms with E-state index in [9.17, 15) is 25.0 Å². The lowest BCUT2D eigenvalue weighted by molar-refractivity contribution is -0.527. The van der Waals surface area contributed by atoms with E-state index in [0.29, 0.717) is 17.7 Å². The third-order valence-electron chi connectivity index (χ3n) is 5.40. The van der Waals surface area contributed by atoms with Gasteiger partial charge in [-0.3, -0.25) is 20.2 Å². The van der Waals surface area contributed by atoms with E-state index in [0.717, 1.165) is 0 Å². The van der Waals surface area contributed by atoms with Crippen LogP contribution in [0.15, 0.2) is 53.1 Å². The molecule has 2 aromatic rings. The van der Waals surface area contributed by atoms with Crippen LogP contribution in [0.3, 0.4) is 0 Å². The molecule has 1 fully saturated rings. The van der Waals surface area contributed by atoms with Crippen molar-refractivity contribution in [1.82, 2.24) is 10.6 Å². The number of furan rings is 1. The van der Waals surface area contributed by atoms with Gasteiger partial charge in [-0.15, -0.1) is 0 Å². The zero-order valence-corrected chi connectivity index (χ0v) is 16.8. The van der Waals surface area contributed by atoms with Gasteiger partial charge >= 0.3 is 7.12 Å². The normalized spacial score (nSPS) is 24.6. The Bertz CT molecular complexity index is 845. The summed E-state index contributed by atoms with van der Waals surface area (Å²) in [7, 11) is -1.74. The standard InChI is InChI=1S/C20H26BN3O6/c1-12(2)11-15(21(26)27)22-20(25)18-16(13-7-4-3-5-8-13)19(24(28)29)17(23-18)14-9-6-10-30-14/h3-10,12,15-19,23,26-27H,11H2,1-2H3,(H,22,25). The SMILES string of the molecule is CC(C)CC(NC(=O)C1NC(c2ccco2)C([N+](=O)[O-])C1c1ccccc1)B(O)O. The molecular weight excluding hydrogens is 389 g/mol. The Kier molecular flexibility index (Phi) is 6.91. The van der Waals surface area contributed by atoms with Crippen LogP contribution in [0.4, 0.5) is 0 Å². The predicted molar refractivity (Wildman–Crippen MR) is 110 cm³/mol. The molecule has 1 aromatic heterocycles. The highest BCUT2D eigenvalue weighted by atomic mass is 16.6. The Morgan fingerprint density at radius 3 is 2.50 bits per heavy atom. The van der Waals surface area contributed by atoms with Crippen LogP contribution in [-0.2, 0) is 4.79 Å². The second kappa shape index (κ2) is 9.42. The summed E-state index contributed by atoms with van der Waals surface area (Å²) in [5, 5.41) is 37.1. The van der Waals surface area contributed by atoms with Gasteiger partial charge in [-0.2, -0.15) is 0 Å². The average Bonchev–Trinajstić information content (AvgIpc) is 3.35. The number of rotatable bonds is 8. The first kappa shape index (κ1) is 22.0. The molecule has 4 N–H and O–H groups in total. The van der Waals surface area contributed by atoms with E-state index in [1.165, 1.54) is 6.26 Å². The number of benzene rings is 1. The molecule has 10 heteroatoms. The molecule has 5 unspecified atom stereocenters. The van der Waals surface area contributed by atoms with Crippen molar-refractivity contribution in [3.63, 3.8) is 0 Å². The van der Waals surface area contributed by atoms with Crippen LogP contribution in [0.5, 0.6) is 0 Å². The van der Waals surface area contributed by atoms with Gasteiger partial charge in [0.1, 0.15) is 17.8 Å². The minimum absolute atomic E-state index is 0.112. The summed E-state index contributed by atoms with van der Waals surface area (Å²) in [4.78, 5) is 24.8. The van der Waals surface area contributed by atoms with Crippen molar-refractivity contribution in [1.29, 1.82) is 0 Å². The molecule has 160 valence electrons. The van der Waals surface area contributed by atoms with Gasteiger partial charge < -0.3 is 19.8 Å². The number of nitro groups is 1. The van der Waals surface area contributed by atoms with Crippen LogP contribution >= 0.6 is 0 Å². The van der Waals surface area contributed by atoms with Crippen molar-refractivity contribution < 1.29 is 24.2 Å². The Balaban J connectivity index is 1.95. The van der Waals surface area contributed by atoms with Crippen LogP contribution < -0.4 is 10.6 Å². The van der Waals surface area contributed by atoms with E-state index in [-0.39, 0.29) is 5.92 Å². The molecule has 1 aliphatic rings. The maximum Gasteiger partial charge on any atom is 0.475 e. The highest BCUT2D eigenvalue weighted by Gasteiger charge is 2.55. The van der Waals surface area contributed by atoms with Gasteiger partial charge in [0.2, 0.25) is 11.9 Å². The monoisotopic (exact) mass is 415 g/mol. The van der Waals surface area contributed by atoms with Gasteiger partial charge in [0.25, 0.3) is 0 Å². The van der Waals surface area contributed by atoms with Gasteiger partial charge in [-0.1, -0.05) is 44.2 Å². The summed E-state index contributed by atoms with van der Waals surface area (Å²) in [6, 6.07) is 9.20. The van der Waals surface area contributed by atoms with E-state index >= 15 is 0 Å². The molecule has 0 spiro atoms. The molecule has 0 aliphatic carbocycles. The number of hydrogen-bond acceptors (Lipinski definition) is 7. The van der Waals surface area contributed by atoms with E-state index < -0.39 is 47.9 Å². The van der Waals surface area contributed by atoms with Crippen molar-refractivity contribution in [3.05, 3.63) is 70.2 Å². The van der Waals surface area contributed by atoms with E-state index in [2.05, 4.69) is 10.6 Å². The van der Waals surface area contributed by atoms with Crippen molar-refractivity contribution in [3.8, 4) is 0 Å². The summed E-state index contributed by atoms with van der Waals surface area (Å²) < 4.78 is 5.40. The van der Waals surface area contributed by atoms with Crippen LogP contribution in [0.1, 0.15) is 43.6 Å². The van der Waals surface area contributed by atoms with Crippen molar-refractivity contribution in [2.75, 3.05) is 0 Å². The molecule has 0 saturated carbocycles. The molecule has 1 aromatic carbocycles. The smallest absolute Gasteiger partial charge is 0.467 e. The molecule has 3 rings (SSSR count). The summed E-state index contributed by atoms with van der Waals surface area (Å²) in [5.41, 5.74) is 0.644. The molecule has 9 nitrogen and oxygen atoms in total. The fourth-order valence-electron chi connectivity index (χ4n) is 4.11. The average molecular weight is 415 g/mol. The first-order valence-corrected chi connectivity index (χ1v) is 9.94. The highest BCUT2D eigenvalue weighted by Crippen LogP contribution is 2.40. The largest absolute Gasteiger partial charge is 0.475 e. The van der Waals surface area contributed by atoms with Crippen molar-refractivity contribution in [2.24, 2.45) is 5.92 Å². The van der Waals surface area contributed by atoms with E-state index in [4.69, 9.17) is 4.42 Å². The van der Waals surface area contributed by atoms with Crippen LogP contribution in [0.25, 0.3) is 0 Å². The summed E-state index contributed by atoms with van der Waals surface area (Å²) in [6.45, 7) is 3.80. The summed E-state index contributed by atoms with van der Waals surface area (Å²) in [5.74, 6) is -1.70. The van der Waals surface area contributed by atoms with Gasteiger partial charge in [0.05, 0.1) is 18.1 Å². The van der Waals surface area contributed by atoms with Crippen molar-refractivity contribution in [2.45, 2.75) is 50.3 Å². The van der Waals surface area contributed by atoms with Crippen LogP contribution in [-0.4, -0.2) is 46.0 Å². The highest BCUT2D eigenvalue weighted by molar-refractivity contribution is 6.43. The molecule has 1 saturated heterocycles. The van der Waals surface area contributed by atoms with Crippen molar-refractivity contribution >= 4 is 13.0 Å². The predicted octanol–water partition coefficient (Wildman–Crippen LogP) is 1.26. The van der Waals surface area contributed by atoms with Crippen LogP contribution in [0, 0.1) is 16.0 Å². The Morgan fingerprint density at radius 2 is 1.97 bits per heavy atom. The van der Waals surface area contributed by atoms with Crippen LogP contribution in [0.2, 0.25) is 0 Å². The topological polar surface area (TPSA) is 138 Å². The number of carbonyl (C=O) groups excluding carboxylic acids is 1. The zero-order chi connectivity index (χ0) is 21.8. The molecule has 0 radical (unpaired) electrons. The molecular formula is C20H26BN3O6. The minimum atomic E-state index is -1.74. The molecule has 1 amide bonds. The number of amides is 1. The molecule has 0 bridgehead atoms. The van der Waals surface area contributed by atoms with Gasteiger partial charge in [0, 0.05) is 4.92 Å². The second-order valence-electron chi connectivity index (χ2n) is 8.01. The lowest BCUT2D eigenvalue weighted by atomic mass is 9.74. The number of nitrogens with one attached hydrogen (secondary N) is 2. The van der Waals surface area contributed by atoms with Gasteiger partial charge in [-0.05, 0) is 30.0 Å². The minimum Gasteiger partial charge on any atom is -0.467 e. The quantitative estimate of drug-likeness (QED) is 0.289. The Morgan fingerprint density at radius 1 is 1.27 bits per heavy atom. The number of nitrogens with zero attached hydrogens (tertiary/aromatic N) is 1. The fraction of sp³-hybridized carbons (Fsp3) is 0.450. The molecule has 5 atom stereocenters. The summed E-state index contributed by atoms with van der Waals surface area (Å²) in [6.07, 6.45) is 1.78. The maximum atomic E-state index is 13.2. The Hall–Kier alpha value is -2.69. The molecule has 2 heterocycles. The number of hydrogen-bond donors (Lipinski definition) is 4. The third-order valence-corrected chi connectivity index (χ3v) is 5.40. The van der Waals surface area contributed by atoms with Gasteiger partial charge in [0.15, 0.2) is 0 Å². The first-order valence-electron chi connectivity index (χ1n) is 9.94. The zero-order valence-electron chi connectivity index (χ0n) is 16.8. The Labute approximate surface area is 174 Å². The van der Waals surface area contributed by atoms with Gasteiger partial charge in [-0.25, -0.2) is 0 Å². The van der Waals surface area contributed by atoms with E-state index in [1.54, 1.807) is 42.5 Å². The first-order chi connectivity index (χ1) is 14.3. The maximum absolute atomic E-state index is 13.2. The molecule has 30 heavy (non-hydrogen) atoms. The lowest BCUT2D eigenvalue weighted by Crippen LogP contribution is -2.53.